The standard InChI is InChI=1S/C20H21F3N2O3/c1-20(2,3)25(11-18(26)24-14-6-4-13(21)5-7-14)19(27)12-28-15-8-9-16(22)17(23)10-15/h4-10H,11-12H2,1-3H3,(H,24,26). The second-order valence-electron chi connectivity index (χ2n) is 7.07. The Labute approximate surface area is 161 Å². The first kappa shape index (κ1) is 21.3. The molecule has 0 aromatic heterocycles. The van der Waals surface area contributed by atoms with E-state index in [9.17, 15) is 22.8 Å². The molecule has 2 aromatic carbocycles. The van der Waals surface area contributed by atoms with E-state index >= 15 is 0 Å². The van der Waals surface area contributed by atoms with Crippen molar-refractivity contribution < 1.29 is 27.5 Å². The van der Waals surface area contributed by atoms with Crippen molar-refractivity contribution >= 4 is 17.5 Å². The number of carbonyl (C=O) groups is 2. The van der Waals surface area contributed by atoms with Crippen molar-refractivity contribution in [2.75, 3.05) is 18.5 Å². The normalized spacial score (nSPS) is 11.1. The highest BCUT2D eigenvalue weighted by molar-refractivity contribution is 5.94. The molecule has 2 amide bonds. The van der Waals surface area contributed by atoms with Crippen LogP contribution in [0.3, 0.4) is 0 Å². The van der Waals surface area contributed by atoms with Crippen LogP contribution in [-0.2, 0) is 9.59 Å². The van der Waals surface area contributed by atoms with Gasteiger partial charge in [0.05, 0.1) is 0 Å². The van der Waals surface area contributed by atoms with Gasteiger partial charge in [-0.1, -0.05) is 0 Å². The summed E-state index contributed by atoms with van der Waals surface area (Å²) in [4.78, 5) is 26.1. The van der Waals surface area contributed by atoms with E-state index < -0.39 is 41.4 Å². The molecule has 28 heavy (non-hydrogen) atoms. The van der Waals surface area contributed by atoms with Crippen LogP contribution in [-0.4, -0.2) is 35.4 Å². The highest BCUT2D eigenvalue weighted by Gasteiger charge is 2.28. The van der Waals surface area contributed by atoms with Gasteiger partial charge in [0.2, 0.25) is 5.91 Å². The molecule has 0 fully saturated rings. The van der Waals surface area contributed by atoms with E-state index in [1.807, 2.05) is 0 Å². The van der Waals surface area contributed by atoms with Gasteiger partial charge in [0.1, 0.15) is 18.1 Å². The van der Waals surface area contributed by atoms with Crippen LogP contribution in [0.5, 0.6) is 5.75 Å². The van der Waals surface area contributed by atoms with E-state index in [2.05, 4.69) is 5.32 Å². The van der Waals surface area contributed by atoms with Crippen LogP contribution in [0.1, 0.15) is 20.8 Å². The zero-order valence-corrected chi connectivity index (χ0v) is 15.8. The third kappa shape index (κ3) is 6.00. The van der Waals surface area contributed by atoms with Crippen molar-refractivity contribution in [3.63, 3.8) is 0 Å². The van der Waals surface area contributed by atoms with Crippen LogP contribution in [0.15, 0.2) is 42.5 Å². The quantitative estimate of drug-likeness (QED) is 0.812. The van der Waals surface area contributed by atoms with E-state index in [-0.39, 0.29) is 12.3 Å². The van der Waals surface area contributed by atoms with E-state index in [0.29, 0.717) is 5.69 Å². The largest absolute Gasteiger partial charge is 0.484 e. The fourth-order valence-electron chi connectivity index (χ4n) is 2.37. The Balaban J connectivity index is 2.01. The molecule has 0 radical (unpaired) electrons. The summed E-state index contributed by atoms with van der Waals surface area (Å²) in [7, 11) is 0. The molecule has 2 rings (SSSR count). The minimum atomic E-state index is -1.09. The van der Waals surface area contributed by atoms with Crippen LogP contribution in [0.2, 0.25) is 0 Å². The van der Waals surface area contributed by atoms with Gasteiger partial charge in [-0.15, -0.1) is 0 Å². The Morgan fingerprint density at radius 3 is 2.21 bits per heavy atom. The molecule has 0 saturated heterocycles. The molecule has 0 saturated carbocycles. The van der Waals surface area contributed by atoms with Crippen molar-refractivity contribution in [2.24, 2.45) is 0 Å². The Morgan fingerprint density at radius 2 is 1.64 bits per heavy atom. The lowest BCUT2D eigenvalue weighted by atomic mass is 10.1. The van der Waals surface area contributed by atoms with Gasteiger partial charge in [-0.3, -0.25) is 9.59 Å². The SMILES string of the molecule is CC(C)(C)N(CC(=O)Nc1ccc(F)cc1)C(=O)COc1ccc(F)c(F)c1. The molecule has 0 bridgehead atoms. The smallest absolute Gasteiger partial charge is 0.261 e. The molecule has 0 spiro atoms. The van der Waals surface area contributed by atoms with E-state index in [0.717, 1.165) is 12.1 Å². The average molecular weight is 394 g/mol. The minimum Gasteiger partial charge on any atom is -0.484 e. The van der Waals surface area contributed by atoms with Crippen LogP contribution >= 0.6 is 0 Å². The van der Waals surface area contributed by atoms with Gasteiger partial charge < -0.3 is 15.0 Å². The van der Waals surface area contributed by atoms with Gasteiger partial charge in [-0.25, -0.2) is 13.2 Å². The molecule has 0 atom stereocenters. The Morgan fingerprint density at radius 1 is 1.00 bits per heavy atom. The zero-order valence-electron chi connectivity index (χ0n) is 15.8. The van der Waals surface area contributed by atoms with Crippen LogP contribution in [0.25, 0.3) is 0 Å². The molecule has 0 unspecified atom stereocenters. The third-order valence-electron chi connectivity index (χ3n) is 3.79. The van der Waals surface area contributed by atoms with Crippen molar-refractivity contribution in [3.05, 3.63) is 59.9 Å². The van der Waals surface area contributed by atoms with E-state index in [1.165, 1.54) is 35.2 Å². The molecule has 0 heterocycles. The monoisotopic (exact) mass is 394 g/mol. The molecular weight excluding hydrogens is 373 g/mol. The molecular formula is C20H21F3N2O3. The number of benzene rings is 2. The molecule has 1 N–H and O–H groups in total. The van der Waals surface area contributed by atoms with Crippen molar-refractivity contribution in [1.29, 1.82) is 0 Å². The number of anilines is 1. The van der Waals surface area contributed by atoms with Gasteiger partial charge in [-0.2, -0.15) is 0 Å². The summed E-state index contributed by atoms with van der Waals surface area (Å²) < 4.78 is 44.4. The topological polar surface area (TPSA) is 58.6 Å². The Hall–Kier alpha value is -3.03. The molecule has 5 nitrogen and oxygen atoms in total. The summed E-state index contributed by atoms with van der Waals surface area (Å²) in [5, 5.41) is 2.58. The number of hydrogen-bond acceptors (Lipinski definition) is 3. The molecule has 0 aliphatic rings. The number of ether oxygens (including phenoxy) is 1. The number of carbonyl (C=O) groups excluding carboxylic acids is 2. The number of nitrogens with zero attached hydrogens (tertiary/aromatic N) is 1. The Bertz CT molecular complexity index is 849. The first-order valence-electron chi connectivity index (χ1n) is 8.50. The van der Waals surface area contributed by atoms with Gasteiger partial charge in [0, 0.05) is 17.3 Å². The van der Waals surface area contributed by atoms with Gasteiger partial charge in [0.15, 0.2) is 18.2 Å². The highest BCUT2D eigenvalue weighted by atomic mass is 19.2. The second-order valence-corrected chi connectivity index (χ2v) is 7.07. The number of hydrogen-bond donors (Lipinski definition) is 1. The molecule has 0 aliphatic heterocycles. The molecule has 150 valence electrons. The maximum Gasteiger partial charge on any atom is 0.261 e. The van der Waals surface area contributed by atoms with Crippen molar-refractivity contribution in [1.82, 2.24) is 4.90 Å². The number of nitrogens with one attached hydrogen (secondary N) is 1. The number of amides is 2. The second kappa shape index (κ2) is 8.77. The highest BCUT2D eigenvalue weighted by Crippen LogP contribution is 2.18. The number of rotatable bonds is 6. The fraction of sp³-hybridized carbons (Fsp3) is 0.300. The fourth-order valence-corrected chi connectivity index (χ4v) is 2.37. The van der Waals surface area contributed by atoms with E-state index in [4.69, 9.17) is 4.74 Å². The molecule has 8 heteroatoms. The lowest BCUT2D eigenvalue weighted by Gasteiger charge is -2.35. The van der Waals surface area contributed by atoms with Crippen molar-refractivity contribution in [3.8, 4) is 5.75 Å². The number of halogens is 3. The molecule has 0 aliphatic carbocycles. The lowest BCUT2D eigenvalue weighted by Crippen LogP contribution is -2.51. The van der Waals surface area contributed by atoms with Gasteiger partial charge in [0.25, 0.3) is 5.91 Å². The summed E-state index contributed by atoms with van der Waals surface area (Å²) in [6, 6.07) is 8.16. The predicted molar refractivity (Wildman–Crippen MR) is 98.3 cm³/mol. The predicted octanol–water partition coefficient (Wildman–Crippen LogP) is 3.75. The van der Waals surface area contributed by atoms with Crippen LogP contribution in [0.4, 0.5) is 18.9 Å². The summed E-state index contributed by atoms with van der Waals surface area (Å²) in [6.07, 6.45) is 0. The summed E-state index contributed by atoms with van der Waals surface area (Å²) in [5.74, 6) is -3.52. The maximum absolute atomic E-state index is 13.2. The van der Waals surface area contributed by atoms with Gasteiger partial charge in [-0.05, 0) is 57.2 Å². The van der Waals surface area contributed by atoms with Crippen LogP contribution in [0, 0.1) is 17.5 Å². The summed E-state index contributed by atoms with van der Waals surface area (Å²) in [6.45, 7) is 4.52. The first-order valence-corrected chi connectivity index (χ1v) is 8.50. The summed E-state index contributed by atoms with van der Waals surface area (Å²) >= 11 is 0. The average Bonchev–Trinajstić information content (AvgIpc) is 2.61. The third-order valence-corrected chi connectivity index (χ3v) is 3.79. The van der Waals surface area contributed by atoms with Crippen LogP contribution < -0.4 is 10.1 Å². The Kier molecular flexibility index (Phi) is 6.66. The molecule has 2 aromatic rings. The van der Waals surface area contributed by atoms with Crippen molar-refractivity contribution in [2.45, 2.75) is 26.3 Å². The zero-order chi connectivity index (χ0) is 20.9. The maximum atomic E-state index is 13.2. The first-order chi connectivity index (χ1) is 13.1. The van der Waals surface area contributed by atoms with Gasteiger partial charge >= 0.3 is 0 Å². The van der Waals surface area contributed by atoms with E-state index in [1.54, 1.807) is 20.8 Å². The lowest BCUT2D eigenvalue weighted by molar-refractivity contribution is -0.141. The minimum absolute atomic E-state index is 0.00290. The summed E-state index contributed by atoms with van der Waals surface area (Å²) in [5.41, 5.74) is -0.306.